The second kappa shape index (κ2) is 5.84. The van der Waals surface area contributed by atoms with Gasteiger partial charge in [-0.25, -0.2) is 0 Å². The zero-order valence-corrected chi connectivity index (χ0v) is 10.5. The Labute approximate surface area is 104 Å². The van der Waals surface area contributed by atoms with Gasteiger partial charge in [0.05, 0.1) is 11.6 Å². The van der Waals surface area contributed by atoms with Crippen molar-refractivity contribution in [2.24, 2.45) is 5.92 Å². The summed E-state index contributed by atoms with van der Waals surface area (Å²) >= 11 is 0. The largest absolute Gasteiger partial charge is 0.299 e. The third-order valence-electron chi connectivity index (χ3n) is 3.75. The maximum absolute atomic E-state index is 8.87. The third kappa shape index (κ3) is 3.31. The maximum atomic E-state index is 8.87. The first-order chi connectivity index (χ1) is 8.31. The van der Waals surface area contributed by atoms with E-state index in [0.717, 1.165) is 18.0 Å². The zero-order chi connectivity index (χ0) is 12.1. The molecule has 2 nitrogen and oxygen atoms in total. The Morgan fingerprint density at radius 3 is 2.76 bits per heavy atom. The Morgan fingerprint density at radius 1 is 1.35 bits per heavy atom. The van der Waals surface area contributed by atoms with Gasteiger partial charge in [-0.1, -0.05) is 25.5 Å². The van der Waals surface area contributed by atoms with Crippen LogP contribution in [0.1, 0.15) is 37.3 Å². The number of hydrogen-bond donors (Lipinski definition) is 0. The Hall–Kier alpha value is -1.33. The van der Waals surface area contributed by atoms with Crippen LogP contribution < -0.4 is 0 Å². The molecule has 0 spiro atoms. The molecule has 0 aromatic heterocycles. The van der Waals surface area contributed by atoms with E-state index in [0.29, 0.717) is 0 Å². The molecule has 0 aliphatic carbocycles. The van der Waals surface area contributed by atoms with E-state index < -0.39 is 0 Å². The first kappa shape index (κ1) is 12.1. The average molecular weight is 228 g/mol. The minimum absolute atomic E-state index is 0.769. The second-order valence-electron chi connectivity index (χ2n) is 4.94. The molecule has 0 atom stereocenters. The van der Waals surface area contributed by atoms with Gasteiger partial charge in [0.25, 0.3) is 0 Å². The molecule has 0 amide bonds. The molecule has 0 bridgehead atoms. The van der Waals surface area contributed by atoms with Crippen molar-refractivity contribution < 1.29 is 0 Å². The normalized spacial score (nSPS) is 17.9. The van der Waals surface area contributed by atoms with Crippen LogP contribution in [0, 0.1) is 17.2 Å². The lowest BCUT2D eigenvalue weighted by molar-refractivity contribution is 0.175. The lowest BCUT2D eigenvalue weighted by Gasteiger charge is -2.31. The van der Waals surface area contributed by atoms with Gasteiger partial charge in [0.1, 0.15) is 0 Å². The van der Waals surface area contributed by atoms with E-state index >= 15 is 0 Å². The number of hydrogen-bond acceptors (Lipinski definition) is 2. The number of nitriles is 1. The number of rotatable bonds is 3. The van der Waals surface area contributed by atoms with Gasteiger partial charge < -0.3 is 0 Å². The molecule has 1 saturated heterocycles. The zero-order valence-electron chi connectivity index (χ0n) is 10.5. The summed E-state index contributed by atoms with van der Waals surface area (Å²) < 4.78 is 0. The molecule has 17 heavy (non-hydrogen) atoms. The van der Waals surface area contributed by atoms with Crippen molar-refractivity contribution in [3.05, 3.63) is 35.4 Å². The van der Waals surface area contributed by atoms with E-state index in [2.05, 4.69) is 24.0 Å². The van der Waals surface area contributed by atoms with Crippen molar-refractivity contribution in [3.63, 3.8) is 0 Å². The predicted molar refractivity (Wildman–Crippen MR) is 69.4 cm³/mol. The molecule has 1 aliphatic rings. The van der Waals surface area contributed by atoms with E-state index in [9.17, 15) is 0 Å². The highest BCUT2D eigenvalue weighted by Crippen LogP contribution is 2.21. The van der Waals surface area contributed by atoms with E-state index in [1.54, 1.807) is 0 Å². The predicted octanol–water partition coefficient (Wildman–Crippen LogP) is 3.18. The Balaban J connectivity index is 1.91. The topological polar surface area (TPSA) is 27.0 Å². The SMILES string of the molecule is CCC1CCN(Cc2cccc(C#N)c2)CC1. The third-order valence-corrected chi connectivity index (χ3v) is 3.75. The molecule has 0 N–H and O–H groups in total. The molecule has 0 unspecified atom stereocenters. The van der Waals surface area contributed by atoms with Crippen LogP contribution in [0.5, 0.6) is 0 Å². The van der Waals surface area contributed by atoms with Crippen LogP contribution in [0.2, 0.25) is 0 Å². The molecule has 2 rings (SSSR count). The minimum Gasteiger partial charge on any atom is -0.299 e. The van der Waals surface area contributed by atoms with Gasteiger partial charge in [0.2, 0.25) is 0 Å². The lowest BCUT2D eigenvalue weighted by atomic mass is 9.94. The van der Waals surface area contributed by atoms with Crippen LogP contribution in [0.15, 0.2) is 24.3 Å². The van der Waals surface area contributed by atoms with Gasteiger partial charge in [-0.15, -0.1) is 0 Å². The Morgan fingerprint density at radius 2 is 2.12 bits per heavy atom. The van der Waals surface area contributed by atoms with Gasteiger partial charge >= 0.3 is 0 Å². The molecule has 1 heterocycles. The number of benzene rings is 1. The van der Waals surface area contributed by atoms with Crippen molar-refractivity contribution in [1.82, 2.24) is 4.90 Å². The highest BCUT2D eigenvalue weighted by atomic mass is 15.1. The summed E-state index contributed by atoms with van der Waals surface area (Å²) in [4.78, 5) is 2.50. The summed E-state index contributed by atoms with van der Waals surface area (Å²) in [6.07, 6.45) is 3.97. The van der Waals surface area contributed by atoms with Crippen molar-refractivity contribution in [2.75, 3.05) is 13.1 Å². The summed E-state index contributed by atoms with van der Waals surface area (Å²) in [5.41, 5.74) is 2.03. The molecule has 1 fully saturated rings. The molecule has 90 valence electrons. The standard InChI is InChI=1S/C15H20N2/c1-2-13-6-8-17(9-7-13)12-15-5-3-4-14(10-15)11-16/h3-5,10,13H,2,6-9,12H2,1H3. The monoisotopic (exact) mass is 228 g/mol. The fourth-order valence-electron chi connectivity index (χ4n) is 2.55. The van der Waals surface area contributed by atoms with Crippen LogP contribution >= 0.6 is 0 Å². The van der Waals surface area contributed by atoms with E-state index in [1.165, 1.54) is 37.9 Å². The van der Waals surface area contributed by atoms with Crippen LogP contribution in [0.3, 0.4) is 0 Å². The fraction of sp³-hybridized carbons (Fsp3) is 0.533. The summed E-state index contributed by atoms with van der Waals surface area (Å²) in [6.45, 7) is 5.69. The van der Waals surface area contributed by atoms with E-state index in [-0.39, 0.29) is 0 Å². The number of piperidine rings is 1. The second-order valence-corrected chi connectivity index (χ2v) is 4.94. The minimum atomic E-state index is 0.769. The van der Waals surface area contributed by atoms with Crippen molar-refractivity contribution in [1.29, 1.82) is 5.26 Å². The van der Waals surface area contributed by atoms with Gasteiger partial charge in [-0.3, -0.25) is 4.90 Å². The van der Waals surface area contributed by atoms with Crippen molar-refractivity contribution >= 4 is 0 Å². The summed E-state index contributed by atoms with van der Waals surface area (Å²) in [6, 6.07) is 10.2. The van der Waals surface area contributed by atoms with Crippen molar-refractivity contribution in [3.8, 4) is 6.07 Å². The Kier molecular flexibility index (Phi) is 4.17. The summed E-state index contributed by atoms with van der Waals surface area (Å²) in [7, 11) is 0. The highest BCUT2D eigenvalue weighted by Gasteiger charge is 2.17. The lowest BCUT2D eigenvalue weighted by Crippen LogP contribution is -2.32. The van der Waals surface area contributed by atoms with E-state index in [1.807, 2.05) is 18.2 Å². The maximum Gasteiger partial charge on any atom is 0.0991 e. The molecular formula is C15H20N2. The quantitative estimate of drug-likeness (QED) is 0.794. The van der Waals surface area contributed by atoms with Gasteiger partial charge in [-0.2, -0.15) is 5.26 Å². The van der Waals surface area contributed by atoms with Gasteiger partial charge in [-0.05, 0) is 49.5 Å². The van der Waals surface area contributed by atoms with Gasteiger partial charge in [0, 0.05) is 6.54 Å². The highest BCUT2D eigenvalue weighted by molar-refractivity contribution is 5.32. The van der Waals surface area contributed by atoms with Crippen molar-refractivity contribution in [2.45, 2.75) is 32.7 Å². The average Bonchev–Trinajstić information content (AvgIpc) is 2.40. The van der Waals surface area contributed by atoms with Crippen LogP contribution in [0.4, 0.5) is 0 Å². The first-order valence-corrected chi connectivity index (χ1v) is 6.53. The molecule has 1 aromatic carbocycles. The first-order valence-electron chi connectivity index (χ1n) is 6.53. The van der Waals surface area contributed by atoms with Crippen LogP contribution in [-0.2, 0) is 6.54 Å². The van der Waals surface area contributed by atoms with Crippen LogP contribution in [-0.4, -0.2) is 18.0 Å². The number of likely N-dealkylation sites (tertiary alicyclic amines) is 1. The summed E-state index contributed by atoms with van der Waals surface area (Å²) in [5, 5.41) is 8.87. The number of nitrogens with zero attached hydrogens (tertiary/aromatic N) is 2. The fourth-order valence-corrected chi connectivity index (χ4v) is 2.55. The van der Waals surface area contributed by atoms with Crippen LogP contribution in [0.25, 0.3) is 0 Å². The smallest absolute Gasteiger partial charge is 0.0991 e. The van der Waals surface area contributed by atoms with Gasteiger partial charge in [0.15, 0.2) is 0 Å². The Bertz CT molecular complexity index is 398. The molecule has 0 radical (unpaired) electrons. The molecule has 2 heteroatoms. The molecule has 1 aliphatic heterocycles. The summed E-state index contributed by atoms with van der Waals surface area (Å²) in [5.74, 6) is 0.927. The van der Waals surface area contributed by atoms with E-state index in [4.69, 9.17) is 5.26 Å². The molecule has 1 aromatic rings. The molecule has 0 saturated carbocycles. The molecular weight excluding hydrogens is 208 g/mol.